The molecule has 1 amide bonds. The van der Waals surface area contributed by atoms with Crippen molar-refractivity contribution < 1.29 is 26.4 Å². The Balaban J connectivity index is 1.52. The zero-order chi connectivity index (χ0) is 28.5. The van der Waals surface area contributed by atoms with Crippen molar-refractivity contribution in [2.24, 2.45) is 0 Å². The first kappa shape index (κ1) is 28.4. The van der Waals surface area contributed by atoms with Crippen molar-refractivity contribution in [3.8, 4) is 5.75 Å². The third kappa shape index (κ3) is 5.32. The smallest absolute Gasteiger partial charge is 0.257 e. The number of para-hydroxylation sites is 1. The van der Waals surface area contributed by atoms with Gasteiger partial charge in [-0.2, -0.15) is 0 Å². The van der Waals surface area contributed by atoms with Gasteiger partial charge in [-0.25, -0.2) is 16.8 Å². The second-order valence-corrected chi connectivity index (χ2v) is 14.5. The van der Waals surface area contributed by atoms with Crippen LogP contribution in [0.4, 0.5) is 5.69 Å². The molecule has 2 aliphatic rings. The van der Waals surface area contributed by atoms with Crippen molar-refractivity contribution in [1.82, 2.24) is 4.90 Å². The highest BCUT2D eigenvalue weighted by molar-refractivity contribution is 7.96. The van der Waals surface area contributed by atoms with E-state index in [1.165, 1.54) is 24.3 Å². The van der Waals surface area contributed by atoms with Gasteiger partial charge in [0.05, 0.1) is 38.4 Å². The Bertz CT molecular complexity index is 1620. The normalized spacial score (nSPS) is 18.4. The van der Waals surface area contributed by atoms with Crippen LogP contribution in [0.25, 0.3) is 0 Å². The van der Waals surface area contributed by atoms with Crippen molar-refractivity contribution in [3.05, 3.63) is 82.9 Å². The first-order chi connectivity index (χ1) is 19.1. The fraction of sp³-hybridized carbons (Fsp3) is 0.345. The van der Waals surface area contributed by atoms with Crippen LogP contribution in [0.15, 0.2) is 76.5 Å². The molecule has 0 radical (unpaired) electrons. The number of rotatable bonds is 8. The largest absolute Gasteiger partial charge is 0.492 e. The number of unbranched alkanes of at least 4 members (excludes halogenated alkanes) is 1. The summed E-state index contributed by atoms with van der Waals surface area (Å²) in [6.45, 7) is 4.17. The van der Waals surface area contributed by atoms with E-state index < -0.39 is 30.7 Å². The quantitative estimate of drug-likeness (QED) is 0.342. The molecule has 2 aliphatic heterocycles. The van der Waals surface area contributed by atoms with E-state index in [1.54, 1.807) is 23.1 Å². The van der Waals surface area contributed by atoms with Gasteiger partial charge in [0, 0.05) is 31.7 Å². The molecule has 3 aromatic rings. The van der Waals surface area contributed by atoms with Gasteiger partial charge in [0.1, 0.15) is 11.0 Å². The number of hydrogen-bond acceptors (Lipinski definition) is 7. The molecule has 0 aliphatic carbocycles. The predicted octanol–water partition coefficient (Wildman–Crippen LogP) is 4.78. The fourth-order valence-corrected chi connectivity index (χ4v) is 9.80. The van der Waals surface area contributed by atoms with E-state index in [0.29, 0.717) is 37.6 Å². The fourth-order valence-electron chi connectivity index (χ4n) is 5.22. The Morgan fingerprint density at radius 3 is 2.33 bits per heavy atom. The molecular formula is C29H31ClN2O6S2. The minimum Gasteiger partial charge on any atom is -0.492 e. The summed E-state index contributed by atoms with van der Waals surface area (Å²) in [5.74, 6) is -0.874. The van der Waals surface area contributed by atoms with Crippen LogP contribution in [0.3, 0.4) is 0 Å². The van der Waals surface area contributed by atoms with Gasteiger partial charge >= 0.3 is 0 Å². The monoisotopic (exact) mass is 602 g/mol. The van der Waals surface area contributed by atoms with Gasteiger partial charge in [0.2, 0.25) is 0 Å². The Morgan fingerprint density at radius 2 is 1.65 bits per heavy atom. The summed E-state index contributed by atoms with van der Waals surface area (Å²) < 4.78 is 59.9. The summed E-state index contributed by atoms with van der Waals surface area (Å²) >= 11 is 6.37. The second kappa shape index (κ2) is 11.4. The Hall–Kier alpha value is -3.08. The SMILES string of the molecule is CCCCOc1c(C(=O)N2CCN(c3ccccc3Cl)CC2)ccc2c1C(S(=O)(=O)c1ccccc1)CS2(=O)=O. The van der Waals surface area contributed by atoms with Crippen LogP contribution in [0, 0.1) is 0 Å². The van der Waals surface area contributed by atoms with Gasteiger partial charge in [-0.05, 0) is 42.8 Å². The van der Waals surface area contributed by atoms with Gasteiger partial charge in [0.25, 0.3) is 5.91 Å². The number of anilines is 1. The van der Waals surface area contributed by atoms with Crippen LogP contribution in [-0.2, 0) is 19.7 Å². The van der Waals surface area contributed by atoms with Gasteiger partial charge in [-0.15, -0.1) is 0 Å². The molecule has 11 heteroatoms. The number of carbonyl (C=O) groups excluding carboxylic acids is 1. The number of piperazine rings is 1. The molecule has 1 unspecified atom stereocenters. The van der Waals surface area contributed by atoms with E-state index in [2.05, 4.69) is 4.90 Å². The summed E-state index contributed by atoms with van der Waals surface area (Å²) in [6.07, 6.45) is 1.48. The molecule has 0 aromatic heterocycles. The third-order valence-corrected chi connectivity index (χ3v) is 11.8. The summed E-state index contributed by atoms with van der Waals surface area (Å²) in [5.41, 5.74) is 1.13. The molecule has 1 atom stereocenters. The minimum atomic E-state index is -4.09. The Morgan fingerprint density at radius 1 is 0.975 bits per heavy atom. The third-order valence-electron chi connectivity index (χ3n) is 7.36. The molecular weight excluding hydrogens is 572 g/mol. The van der Waals surface area contributed by atoms with Gasteiger partial charge in [0.15, 0.2) is 19.7 Å². The molecule has 1 saturated heterocycles. The van der Waals surface area contributed by atoms with Crippen molar-refractivity contribution in [1.29, 1.82) is 0 Å². The highest BCUT2D eigenvalue weighted by Gasteiger charge is 2.46. The van der Waals surface area contributed by atoms with Crippen LogP contribution < -0.4 is 9.64 Å². The van der Waals surface area contributed by atoms with E-state index in [4.69, 9.17) is 16.3 Å². The van der Waals surface area contributed by atoms with E-state index in [1.807, 2.05) is 31.2 Å². The minimum absolute atomic E-state index is 0.0231. The maximum absolute atomic E-state index is 13.9. The van der Waals surface area contributed by atoms with Crippen LogP contribution in [0.2, 0.25) is 5.02 Å². The number of ether oxygens (including phenoxy) is 1. The number of benzene rings is 3. The number of hydrogen-bond donors (Lipinski definition) is 0. The number of nitrogens with zero attached hydrogens (tertiary/aromatic N) is 2. The van der Waals surface area contributed by atoms with Gasteiger partial charge in [-0.1, -0.05) is 55.3 Å². The lowest BCUT2D eigenvalue weighted by atomic mass is 10.0. The average molecular weight is 603 g/mol. The van der Waals surface area contributed by atoms with Gasteiger partial charge < -0.3 is 14.5 Å². The molecule has 1 fully saturated rings. The average Bonchev–Trinajstić information content (AvgIpc) is 3.25. The number of sulfone groups is 2. The molecule has 212 valence electrons. The zero-order valence-electron chi connectivity index (χ0n) is 22.1. The summed E-state index contributed by atoms with van der Waals surface area (Å²) in [6, 6.07) is 18.1. The Kier molecular flexibility index (Phi) is 8.13. The predicted molar refractivity (Wildman–Crippen MR) is 155 cm³/mol. The summed E-state index contributed by atoms with van der Waals surface area (Å²) in [5, 5.41) is -0.740. The van der Waals surface area contributed by atoms with E-state index in [9.17, 15) is 21.6 Å². The number of halogens is 1. The van der Waals surface area contributed by atoms with Crippen LogP contribution in [0.5, 0.6) is 5.75 Å². The molecule has 5 rings (SSSR count). The lowest BCUT2D eigenvalue weighted by Crippen LogP contribution is -2.49. The number of fused-ring (bicyclic) bond motifs is 1. The summed E-state index contributed by atoms with van der Waals surface area (Å²) in [7, 11) is -8.00. The van der Waals surface area contributed by atoms with Crippen LogP contribution >= 0.6 is 11.6 Å². The lowest BCUT2D eigenvalue weighted by Gasteiger charge is -2.36. The topological polar surface area (TPSA) is 101 Å². The molecule has 0 saturated carbocycles. The van der Waals surface area contributed by atoms with E-state index in [-0.39, 0.29) is 39.2 Å². The van der Waals surface area contributed by atoms with Crippen molar-refractivity contribution in [2.45, 2.75) is 34.8 Å². The van der Waals surface area contributed by atoms with Gasteiger partial charge in [-0.3, -0.25) is 4.79 Å². The molecule has 8 nitrogen and oxygen atoms in total. The summed E-state index contributed by atoms with van der Waals surface area (Å²) in [4.78, 5) is 17.6. The van der Waals surface area contributed by atoms with E-state index >= 15 is 0 Å². The van der Waals surface area contributed by atoms with Crippen molar-refractivity contribution in [2.75, 3.05) is 43.4 Å². The van der Waals surface area contributed by atoms with E-state index in [0.717, 1.165) is 12.1 Å². The number of amides is 1. The number of carbonyl (C=O) groups is 1. The van der Waals surface area contributed by atoms with Crippen molar-refractivity contribution in [3.63, 3.8) is 0 Å². The highest BCUT2D eigenvalue weighted by Crippen LogP contribution is 2.47. The molecule has 2 heterocycles. The first-order valence-electron chi connectivity index (χ1n) is 13.3. The highest BCUT2D eigenvalue weighted by atomic mass is 35.5. The molecule has 0 spiro atoms. The lowest BCUT2D eigenvalue weighted by molar-refractivity contribution is 0.0742. The first-order valence-corrected chi connectivity index (χ1v) is 16.8. The Labute approximate surface area is 240 Å². The zero-order valence-corrected chi connectivity index (χ0v) is 24.5. The van der Waals surface area contributed by atoms with Crippen molar-refractivity contribution >= 4 is 42.9 Å². The molecule has 0 bridgehead atoms. The molecule has 3 aromatic carbocycles. The molecule has 40 heavy (non-hydrogen) atoms. The van der Waals surface area contributed by atoms with Crippen LogP contribution in [-0.4, -0.2) is 66.2 Å². The maximum Gasteiger partial charge on any atom is 0.257 e. The molecule has 0 N–H and O–H groups in total. The standard InChI is InChI=1S/C29H31ClN2O6S2/c1-2-3-19-38-28-22(29(33)32-17-15-31(16-18-32)24-12-8-7-11-23(24)30)13-14-25-27(28)26(20-39(25,34)35)40(36,37)21-9-5-4-6-10-21/h4-14,26H,2-3,15-20H2,1H3. The van der Waals surface area contributed by atoms with Crippen LogP contribution in [0.1, 0.15) is 40.9 Å². The maximum atomic E-state index is 13.9. The second-order valence-electron chi connectivity index (χ2n) is 9.91.